The highest BCUT2D eigenvalue weighted by atomic mass is 16.5. The third-order valence-electron chi connectivity index (χ3n) is 4.82. The molecule has 3 rings (SSSR count). The minimum Gasteiger partial charge on any atom is -0.497 e. The average molecular weight is 432 g/mol. The molecule has 32 heavy (non-hydrogen) atoms. The molecular formula is C24H24N4O4. The van der Waals surface area contributed by atoms with Crippen molar-refractivity contribution in [2.75, 3.05) is 27.7 Å². The van der Waals surface area contributed by atoms with E-state index in [1.54, 1.807) is 49.6 Å². The number of rotatable bonds is 7. The lowest BCUT2D eigenvalue weighted by Crippen LogP contribution is -2.33. The zero-order chi connectivity index (χ0) is 23.3. The summed E-state index contributed by atoms with van der Waals surface area (Å²) in [5, 5.41) is 10.9. The first-order valence-corrected chi connectivity index (χ1v) is 9.87. The van der Waals surface area contributed by atoms with E-state index in [2.05, 4.69) is 21.8 Å². The Morgan fingerprint density at radius 2 is 2.03 bits per heavy atom. The van der Waals surface area contributed by atoms with Crippen molar-refractivity contribution in [2.24, 2.45) is 5.73 Å². The summed E-state index contributed by atoms with van der Waals surface area (Å²) in [6.45, 7) is 0.508. The summed E-state index contributed by atoms with van der Waals surface area (Å²) in [5.41, 5.74) is 5.57. The maximum Gasteiger partial charge on any atom is 0.268 e. The molecule has 0 aliphatic carbocycles. The summed E-state index contributed by atoms with van der Waals surface area (Å²) in [4.78, 5) is 34.1. The van der Waals surface area contributed by atoms with Crippen molar-refractivity contribution >= 4 is 23.1 Å². The number of aliphatic hydroxyl groups is 1. The molecule has 3 aromatic rings. The van der Waals surface area contributed by atoms with Crippen LogP contribution in [0.15, 0.2) is 42.5 Å². The highest BCUT2D eigenvalue weighted by Gasteiger charge is 2.23. The van der Waals surface area contributed by atoms with Crippen molar-refractivity contribution in [1.29, 1.82) is 0 Å². The number of primary amides is 1. The molecule has 0 saturated heterocycles. The largest absolute Gasteiger partial charge is 0.497 e. The van der Waals surface area contributed by atoms with Gasteiger partial charge in [0, 0.05) is 35.5 Å². The molecule has 3 N–H and O–H groups in total. The van der Waals surface area contributed by atoms with Gasteiger partial charge in [-0.05, 0) is 38.4 Å². The van der Waals surface area contributed by atoms with E-state index in [1.165, 1.54) is 0 Å². The lowest BCUT2D eigenvalue weighted by molar-refractivity contribution is -0.119. The molecule has 0 aliphatic heterocycles. The van der Waals surface area contributed by atoms with Crippen LogP contribution in [0.3, 0.4) is 0 Å². The number of fused-ring (bicyclic) bond motifs is 1. The second-order valence-electron chi connectivity index (χ2n) is 7.57. The number of carbonyl (C=O) groups excluding carboxylic acids is 2. The molecule has 1 aromatic heterocycles. The zero-order valence-electron chi connectivity index (χ0n) is 18.1. The van der Waals surface area contributed by atoms with Crippen molar-refractivity contribution in [1.82, 2.24) is 14.9 Å². The summed E-state index contributed by atoms with van der Waals surface area (Å²) in [6.07, 6.45) is 0.639. The van der Waals surface area contributed by atoms with Gasteiger partial charge in [-0.2, -0.15) is 0 Å². The highest BCUT2D eigenvalue weighted by Crippen LogP contribution is 2.25. The molecule has 1 atom stereocenters. The number of nitrogens with zero attached hydrogens (tertiary/aromatic N) is 3. The fraction of sp³-hybridized carbons (Fsp3) is 0.250. The van der Waals surface area contributed by atoms with Crippen LogP contribution >= 0.6 is 0 Å². The SMILES string of the molecule is COc1ccc2c(C(N)=O)nc(-c3cccc(C#C[C@@](O)(C=O)CCN(C)C)c3)nc2c1. The Morgan fingerprint density at radius 1 is 1.25 bits per heavy atom. The molecule has 164 valence electrons. The molecule has 0 aliphatic rings. The van der Waals surface area contributed by atoms with Crippen molar-refractivity contribution < 1.29 is 19.4 Å². The Hall–Kier alpha value is -3.80. The number of benzene rings is 2. The normalized spacial score (nSPS) is 12.7. The van der Waals surface area contributed by atoms with E-state index in [-0.39, 0.29) is 12.1 Å². The van der Waals surface area contributed by atoms with Gasteiger partial charge in [-0.25, -0.2) is 9.97 Å². The van der Waals surface area contributed by atoms with E-state index in [1.807, 2.05) is 19.0 Å². The Labute approximate surface area is 186 Å². The second-order valence-corrected chi connectivity index (χ2v) is 7.57. The number of aldehydes is 1. The number of aromatic nitrogens is 2. The topological polar surface area (TPSA) is 119 Å². The van der Waals surface area contributed by atoms with Crippen LogP contribution in [0.1, 0.15) is 22.5 Å². The first kappa shape index (κ1) is 22.9. The molecule has 1 heterocycles. The van der Waals surface area contributed by atoms with Crippen LogP contribution in [0.25, 0.3) is 22.3 Å². The quantitative estimate of drug-likeness (QED) is 0.430. The van der Waals surface area contributed by atoms with Crippen LogP contribution in [0.2, 0.25) is 0 Å². The summed E-state index contributed by atoms with van der Waals surface area (Å²) in [7, 11) is 5.24. The molecule has 0 saturated carbocycles. The summed E-state index contributed by atoms with van der Waals surface area (Å²) in [6, 6.07) is 12.1. The summed E-state index contributed by atoms with van der Waals surface area (Å²) in [5.74, 6) is 5.71. The number of hydrogen-bond donors (Lipinski definition) is 2. The fourth-order valence-corrected chi connectivity index (χ4v) is 3.01. The number of methoxy groups -OCH3 is 1. The maximum atomic E-state index is 12.0. The van der Waals surface area contributed by atoms with Crippen LogP contribution in [0.4, 0.5) is 0 Å². The number of amides is 1. The summed E-state index contributed by atoms with van der Waals surface area (Å²) < 4.78 is 5.25. The van der Waals surface area contributed by atoms with Crippen LogP contribution in [-0.4, -0.2) is 65.5 Å². The van der Waals surface area contributed by atoms with E-state index in [4.69, 9.17) is 10.5 Å². The number of ether oxygens (including phenoxy) is 1. The molecule has 0 spiro atoms. The van der Waals surface area contributed by atoms with Crippen molar-refractivity contribution in [3.63, 3.8) is 0 Å². The van der Waals surface area contributed by atoms with Crippen molar-refractivity contribution in [3.8, 4) is 29.0 Å². The first-order chi connectivity index (χ1) is 15.2. The van der Waals surface area contributed by atoms with E-state index < -0.39 is 11.5 Å². The smallest absolute Gasteiger partial charge is 0.268 e. The van der Waals surface area contributed by atoms with E-state index in [9.17, 15) is 14.7 Å². The van der Waals surface area contributed by atoms with Crippen LogP contribution in [-0.2, 0) is 4.79 Å². The third kappa shape index (κ3) is 5.27. The monoisotopic (exact) mass is 432 g/mol. The first-order valence-electron chi connectivity index (χ1n) is 9.87. The van der Waals surface area contributed by atoms with Gasteiger partial charge in [-0.1, -0.05) is 24.0 Å². The van der Waals surface area contributed by atoms with Crippen molar-refractivity contribution in [3.05, 3.63) is 53.7 Å². The standard InChI is InChI=1S/C24H24N4O4/c1-28(2)12-11-24(31,15-29)10-9-16-5-4-6-17(13-16)23-26-20-14-18(32-3)7-8-19(20)21(27-23)22(25)30/h4-8,13-15,31H,11-12H2,1-3H3,(H2,25,30)/t24-/m0/s1. The van der Waals surface area contributed by atoms with Crippen molar-refractivity contribution in [2.45, 2.75) is 12.0 Å². The minimum absolute atomic E-state index is 0.100. The highest BCUT2D eigenvalue weighted by molar-refractivity contribution is 6.04. The van der Waals surface area contributed by atoms with Gasteiger partial charge in [0.05, 0.1) is 12.6 Å². The van der Waals surface area contributed by atoms with Gasteiger partial charge < -0.3 is 20.5 Å². The number of carbonyl (C=O) groups is 2. The molecule has 0 bridgehead atoms. The Morgan fingerprint density at radius 3 is 2.69 bits per heavy atom. The lowest BCUT2D eigenvalue weighted by Gasteiger charge is -2.17. The minimum atomic E-state index is -1.74. The molecule has 8 heteroatoms. The predicted octanol–water partition coefficient (Wildman–Crippen LogP) is 1.64. The maximum absolute atomic E-state index is 12.0. The van der Waals surface area contributed by atoms with E-state index in [0.29, 0.717) is 46.4 Å². The number of nitrogens with two attached hydrogens (primary N) is 1. The van der Waals surface area contributed by atoms with Gasteiger partial charge in [0.25, 0.3) is 5.91 Å². The van der Waals surface area contributed by atoms with Gasteiger partial charge in [0.1, 0.15) is 11.4 Å². The Balaban J connectivity index is 2.03. The Bertz CT molecular complexity index is 1230. The predicted molar refractivity (Wildman–Crippen MR) is 121 cm³/mol. The van der Waals surface area contributed by atoms with E-state index in [0.717, 1.165) is 0 Å². The lowest BCUT2D eigenvalue weighted by atomic mass is 10.0. The molecule has 0 unspecified atom stereocenters. The van der Waals surface area contributed by atoms with Crippen LogP contribution in [0.5, 0.6) is 5.75 Å². The molecule has 1 amide bonds. The van der Waals surface area contributed by atoms with Gasteiger partial charge in [0.15, 0.2) is 17.7 Å². The molecule has 0 fully saturated rings. The summed E-state index contributed by atoms with van der Waals surface area (Å²) >= 11 is 0. The number of hydrogen-bond acceptors (Lipinski definition) is 7. The van der Waals surface area contributed by atoms with E-state index >= 15 is 0 Å². The zero-order valence-corrected chi connectivity index (χ0v) is 18.1. The fourth-order valence-electron chi connectivity index (χ4n) is 3.01. The Kier molecular flexibility index (Phi) is 6.83. The van der Waals surface area contributed by atoms with Gasteiger partial charge in [-0.15, -0.1) is 0 Å². The third-order valence-corrected chi connectivity index (χ3v) is 4.82. The van der Waals surface area contributed by atoms with Gasteiger partial charge in [0.2, 0.25) is 0 Å². The molecule has 2 aromatic carbocycles. The van der Waals surface area contributed by atoms with Gasteiger partial charge >= 0.3 is 0 Å². The molecular weight excluding hydrogens is 408 g/mol. The molecule has 8 nitrogen and oxygen atoms in total. The van der Waals surface area contributed by atoms with Crippen LogP contribution in [0, 0.1) is 11.8 Å². The van der Waals surface area contributed by atoms with Gasteiger partial charge in [-0.3, -0.25) is 9.59 Å². The van der Waals surface area contributed by atoms with Crippen LogP contribution < -0.4 is 10.5 Å². The molecule has 0 radical (unpaired) electrons. The average Bonchev–Trinajstić information content (AvgIpc) is 2.80. The second kappa shape index (κ2) is 9.56.